The lowest BCUT2D eigenvalue weighted by atomic mass is 9.76. The number of hydrogen-bond acceptors (Lipinski definition) is 5. The lowest BCUT2D eigenvalue weighted by molar-refractivity contribution is -0.141. The van der Waals surface area contributed by atoms with Gasteiger partial charge in [0, 0.05) is 30.3 Å². The van der Waals surface area contributed by atoms with Crippen LogP contribution in [0.1, 0.15) is 42.0 Å². The predicted molar refractivity (Wildman–Crippen MR) is 136 cm³/mol. The van der Waals surface area contributed by atoms with Crippen LogP contribution in [0.15, 0.2) is 84.2 Å². The number of aliphatic carboxylic acids is 1. The Bertz CT molecular complexity index is 1520. The van der Waals surface area contributed by atoms with E-state index in [0.29, 0.717) is 0 Å². The van der Waals surface area contributed by atoms with Gasteiger partial charge in [0.05, 0.1) is 29.2 Å². The summed E-state index contributed by atoms with van der Waals surface area (Å²) in [7, 11) is 0. The summed E-state index contributed by atoms with van der Waals surface area (Å²) in [5.41, 5.74) is 7.86. The highest BCUT2D eigenvalue weighted by molar-refractivity contribution is 6.07. The van der Waals surface area contributed by atoms with Crippen molar-refractivity contribution in [3.05, 3.63) is 95.8 Å². The molecule has 1 aromatic heterocycles. The van der Waals surface area contributed by atoms with Crippen LogP contribution in [0.25, 0.3) is 22.2 Å². The fraction of sp³-hybridized carbons (Fsp3) is 0.207. The number of rotatable bonds is 5. The average molecular weight is 477 g/mol. The lowest BCUT2D eigenvalue weighted by Gasteiger charge is -2.30. The van der Waals surface area contributed by atoms with Gasteiger partial charge in [-0.05, 0) is 53.3 Å². The second kappa shape index (κ2) is 9.00. The second-order valence-corrected chi connectivity index (χ2v) is 9.25. The molecule has 2 aliphatic rings. The summed E-state index contributed by atoms with van der Waals surface area (Å²) >= 11 is 0. The minimum Gasteiger partial charge on any atom is -0.481 e. The quantitative estimate of drug-likeness (QED) is 0.437. The molecule has 0 spiro atoms. The van der Waals surface area contributed by atoms with E-state index < -0.39 is 5.97 Å². The van der Waals surface area contributed by atoms with Crippen LogP contribution in [0.2, 0.25) is 0 Å². The average Bonchev–Trinajstić information content (AvgIpc) is 3.32. The van der Waals surface area contributed by atoms with Crippen molar-refractivity contribution in [3.8, 4) is 11.1 Å². The first-order chi connectivity index (χ1) is 17.6. The molecule has 1 aliphatic carbocycles. The molecule has 178 valence electrons. The molecule has 0 fully saturated rings. The highest BCUT2D eigenvalue weighted by Crippen LogP contribution is 2.44. The Morgan fingerprint density at radius 3 is 2.50 bits per heavy atom. The normalized spacial score (nSPS) is 18.4. The Hall–Kier alpha value is -4.39. The van der Waals surface area contributed by atoms with Gasteiger partial charge in [-0.1, -0.05) is 48.5 Å². The van der Waals surface area contributed by atoms with E-state index in [-0.39, 0.29) is 30.7 Å². The third kappa shape index (κ3) is 3.92. The molecule has 7 heteroatoms. The maximum Gasteiger partial charge on any atom is 0.303 e. The summed E-state index contributed by atoms with van der Waals surface area (Å²) in [4.78, 5) is 33.3. The molecule has 3 aromatic carbocycles. The van der Waals surface area contributed by atoms with E-state index >= 15 is 0 Å². The van der Waals surface area contributed by atoms with Gasteiger partial charge in [-0.25, -0.2) is 5.01 Å². The van der Waals surface area contributed by atoms with Crippen molar-refractivity contribution >= 4 is 28.6 Å². The van der Waals surface area contributed by atoms with E-state index in [1.54, 1.807) is 12.4 Å². The number of nitrogens with zero attached hydrogens (tertiary/aromatic N) is 4. The van der Waals surface area contributed by atoms with Crippen LogP contribution in [0.4, 0.5) is 0 Å². The third-order valence-corrected chi connectivity index (χ3v) is 7.07. The van der Waals surface area contributed by atoms with Crippen molar-refractivity contribution in [2.75, 3.05) is 0 Å². The maximum atomic E-state index is 13.3. The molecule has 0 radical (unpaired) electrons. The van der Waals surface area contributed by atoms with Gasteiger partial charge in [0.2, 0.25) is 5.91 Å². The summed E-state index contributed by atoms with van der Waals surface area (Å²) in [5, 5.41) is 15.6. The minimum absolute atomic E-state index is 0.00595. The summed E-state index contributed by atoms with van der Waals surface area (Å²) < 4.78 is 0. The van der Waals surface area contributed by atoms with Gasteiger partial charge in [0.1, 0.15) is 0 Å². The number of aromatic nitrogens is 2. The number of benzene rings is 3. The minimum atomic E-state index is -0.997. The zero-order chi connectivity index (χ0) is 24.6. The lowest BCUT2D eigenvalue weighted by Crippen LogP contribution is -2.32. The van der Waals surface area contributed by atoms with Crippen LogP contribution in [-0.2, 0) is 16.0 Å². The number of fused-ring (bicyclic) bond motifs is 4. The highest BCUT2D eigenvalue weighted by atomic mass is 16.4. The largest absolute Gasteiger partial charge is 0.481 e. The van der Waals surface area contributed by atoms with Crippen molar-refractivity contribution in [2.45, 2.75) is 31.7 Å². The third-order valence-electron chi connectivity index (χ3n) is 7.07. The first kappa shape index (κ1) is 22.1. The van der Waals surface area contributed by atoms with Crippen LogP contribution in [0.5, 0.6) is 0 Å². The van der Waals surface area contributed by atoms with Crippen LogP contribution in [0, 0.1) is 5.92 Å². The summed E-state index contributed by atoms with van der Waals surface area (Å²) in [6.45, 7) is 0. The first-order valence-electron chi connectivity index (χ1n) is 12.1. The van der Waals surface area contributed by atoms with Crippen molar-refractivity contribution in [1.29, 1.82) is 0 Å². The van der Waals surface area contributed by atoms with Gasteiger partial charge in [0.25, 0.3) is 0 Å². The van der Waals surface area contributed by atoms with Gasteiger partial charge in [-0.3, -0.25) is 19.6 Å². The van der Waals surface area contributed by atoms with Gasteiger partial charge in [-0.15, -0.1) is 0 Å². The van der Waals surface area contributed by atoms with E-state index in [4.69, 9.17) is 10.2 Å². The van der Waals surface area contributed by atoms with E-state index in [0.717, 1.165) is 51.8 Å². The van der Waals surface area contributed by atoms with E-state index in [1.165, 1.54) is 10.6 Å². The molecule has 1 aliphatic heterocycles. The maximum absolute atomic E-state index is 13.3. The number of carbonyl (C=O) groups excluding carboxylic acids is 1. The zero-order valence-electron chi connectivity index (χ0n) is 19.5. The Morgan fingerprint density at radius 2 is 1.69 bits per heavy atom. The summed E-state index contributed by atoms with van der Waals surface area (Å²) in [6.07, 6.45) is 4.72. The molecule has 0 saturated heterocycles. The fourth-order valence-electron chi connectivity index (χ4n) is 5.35. The molecular weight excluding hydrogens is 452 g/mol. The molecule has 0 saturated carbocycles. The molecule has 6 rings (SSSR count). The number of carboxylic acid groups (broad SMARTS) is 1. The number of carboxylic acids is 1. The molecule has 2 unspecified atom stereocenters. The SMILES string of the molecule is O=C(O)CCC(=O)N1N=C2c3cc(-c4ccccc4)ccc3CCC2C1c1ccc2nccnc2c1. The van der Waals surface area contributed by atoms with Gasteiger partial charge >= 0.3 is 5.97 Å². The fourth-order valence-corrected chi connectivity index (χ4v) is 5.35. The zero-order valence-corrected chi connectivity index (χ0v) is 19.5. The first-order valence-corrected chi connectivity index (χ1v) is 12.1. The van der Waals surface area contributed by atoms with E-state index in [1.807, 2.05) is 36.4 Å². The number of carbonyl (C=O) groups is 2. The monoisotopic (exact) mass is 476 g/mol. The highest BCUT2D eigenvalue weighted by Gasteiger charge is 2.44. The van der Waals surface area contributed by atoms with Crippen molar-refractivity contribution in [2.24, 2.45) is 11.0 Å². The number of amides is 1. The molecular formula is C29H24N4O3. The van der Waals surface area contributed by atoms with Crippen LogP contribution in [-0.4, -0.2) is 37.7 Å². The standard InChI is InChI=1S/C29H24N4O3/c34-26(12-13-27(35)36)33-29(21-9-11-24-25(17-21)31-15-14-30-24)22-10-8-19-6-7-20(16-23(19)28(22)32-33)18-4-2-1-3-5-18/h1-7,9,11,14-17,22,29H,8,10,12-13H2,(H,35,36). The number of aryl methyl sites for hydroxylation is 1. The van der Waals surface area contributed by atoms with E-state index in [2.05, 4.69) is 40.3 Å². The molecule has 0 bridgehead atoms. The van der Waals surface area contributed by atoms with Crippen molar-refractivity contribution < 1.29 is 14.7 Å². The smallest absolute Gasteiger partial charge is 0.303 e. The van der Waals surface area contributed by atoms with Crippen LogP contribution in [0.3, 0.4) is 0 Å². The van der Waals surface area contributed by atoms with Gasteiger partial charge < -0.3 is 5.11 Å². The van der Waals surface area contributed by atoms with Crippen molar-refractivity contribution in [1.82, 2.24) is 15.0 Å². The molecule has 2 atom stereocenters. The molecule has 1 amide bonds. The summed E-state index contributed by atoms with van der Waals surface area (Å²) in [6, 6.07) is 22.2. The van der Waals surface area contributed by atoms with E-state index in [9.17, 15) is 9.59 Å². The van der Waals surface area contributed by atoms with Crippen molar-refractivity contribution in [3.63, 3.8) is 0 Å². The molecule has 4 aromatic rings. The van der Waals surface area contributed by atoms with Crippen LogP contribution >= 0.6 is 0 Å². The van der Waals surface area contributed by atoms with Gasteiger partial charge in [0.15, 0.2) is 0 Å². The Labute approximate surface area is 208 Å². The van der Waals surface area contributed by atoms with Crippen LogP contribution < -0.4 is 0 Å². The summed E-state index contributed by atoms with van der Waals surface area (Å²) in [5.74, 6) is -1.28. The molecule has 7 nitrogen and oxygen atoms in total. The topological polar surface area (TPSA) is 95.8 Å². The number of hydrogen-bond donors (Lipinski definition) is 1. The Morgan fingerprint density at radius 1 is 0.889 bits per heavy atom. The second-order valence-electron chi connectivity index (χ2n) is 9.25. The Balaban J connectivity index is 1.44. The van der Waals surface area contributed by atoms with Gasteiger partial charge in [-0.2, -0.15) is 5.10 Å². The molecule has 36 heavy (non-hydrogen) atoms. The molecule has 2 heterocycles. The predicted octanol–water partition coefficient (Wildman–Crippen LogP) is 5.01. The Kier molecular flexibility index (Phi) is 5.52. The molecule has 1 N–H and O–H groups in total. The number of hydrazone groups is 1.